The molecule has 0 unspecified atom stereocenters. The molecular weight excluding hydrogens is 200 g/mol. The average Bonchev–Trinajstić information content (AvgIpc) is 2.34. The van der Waals surface area contributed by atoms with Gasteiger partial charge in [0.1, 0.15) is 0 Å². The first-order valence-corrected chi connectivity index (χ1v) is 5.87. The van der Waals surface area contributed by atoms with Crippen molar-refractivity contribution in [3.63, 3.8) is 0 Å². The first-order chi connectivity index (χ1) is 7.74. The molecule has 16 heavy (non-hydrogen) atoms. The van der Waals surface area contributed by atoms with E-state index >= 15 is 0 Å². The quantitative estimate of drug-likeness (QED) is 0.737. The Hall–Kier alpha value is -1.38. The zero-order valence-electron chi connectivity index (χ0n) is 10.1. The summed E-state index contributed by atoms with van der Waals surface area (Å²) in [6.07, 6.45) is 7.13. The number of nitrogens with zero attached hydrogens (tertiary/aromatic N) is 2. The highest BCUT2D eigenvalue weighted by Crippen LogP contribution is 2.03. The highest BCUT2D eigenvalue weighted by Gasteiger charge is 2.07. The number of rotatable bonds is 6. The van der Waals surface area contributed by atoms with Crippen molar-refractivity contribution in [2.75, 3.05) is 13.6 Å². The van der Waals surface area contributed by atoms with Crippen molar-refractivity contribution >= 4 is 5.91 Å². The van der Waals surface area contributed by atoms with E-state index in [1.807, 2.05) is 30.3 Å². The zero-order chi connectivity index (χ0) is 11.8. The van der Waals surface area contributed by atoms with Crippen LogP contribution in [0.3, 0.4) is 0 Å². The van der Waals surface area contributed by atoms with Gasteiger partial charge in [-0.05, 0) is 24.5 Å². The molecule has 3 nitrogen and oxygen atoms in total. The second-order valence-electron chi connectivity index (χ2n) is 4.03. The van der Waals surface area contributed by atoms with Crippen molar-refractivity contribution in [2.24, 2.45) is 0 Å². The van der Waals surface area contributed by atoms with Crippen LogP contribution in [0.4, 0.5) is 0 Å². The number of aryl methyl sites for hydroxylation is 1. The van der Waals surface area contributed by atoms with Gasteiger partial charge in [0, 0.05) is 32.4 Å². The fourth-order valence-electron chi connectivity index (χ4n) is 1.51. The van der Waals surface area contributed by atoms with E-state index in [0.717, 1.165) is 31.4 Å². The summed E-state index contributed by atoms with van der Waals surface area (Å²) in [6.45, 7) is 3.00. The van der Waals surface area contributed by atoms with Gasteiger partial charge in [0.2, 0.25) is 5.91 Å². The molecule has 0 spiro atoms. The molecule has 0 aliphatic heterocycles. The molecule has 3 heteroatoms. The maximum absolute atomic E-state index is 11.7. The lowest BCUT2D eigenvalue weighted by Gasteiger charge is -2.16. The molecule has 1 heterocycles. The summed E-state index contributed by atoms with van der Waals surface area (Å²) in [5.74, 6) is 0.220. The van der Waals surface area contributed by atoms with Gasteiger partial charge in [0.15, 0.2) is 0 Å². The Kier molecular flexibility index (Phi) is 5.54. The minimum absolute atomic E-state index is 0.220. The van der Waals surface area contributed by atoms with Gasteiger partial charge >= 0.3 is 0 Å². The van der Waals surface area contributed by atoms with Gasteiger partial charge in [-0.2, -0.15) is 0 Å². The van der Waals surface area contributed by atoms with Crippen LogP contribution in [-0.4, -0.2) is 29.4 Å². The number of hydrogen-bond donors (Lipinski definition) is 0. The Morgan fingerprint density at radius 2 is 2.31 bits per heavy atom. The summed E-state index contributed by atoms with van der Waals surface area (Å²) in [5.41, 5.74) is 1.12. The number of carbonyl (C=O) groups is 1. The van der Waals surface area contributed by atoms with Gasteiger partial charge in [-0.1, -0.05) is 19.4 Å². The van der Waals surface area contributed by atoms with E-state index in [2.05, 4.69) is 11.9 Å². The number of pyridine rings is 1. The van der Waals surface area contributed by atoms with Gasteiger partial charge in [-0.15, -0.1) is 0 Å². The predicted octanol–water partition coefficient (Wildman–Crippen LogP) is 2.27. The molecule has 0 aromatic carbocycles. The van der Waals surface area contributed by atoms with Crippen LogP contribution in [0, 0.1) is 0 Å². The Morgan fingerprint density at radius 3 is 2.94 bits per heavy atom. The number of carbonyl (C=O) groups excluding carboxylic acids is 1. The van der Waals surface area contributed by atoms with Crippen LogP contribution < -0.4 is 0 Å². The van der Waals surface area contributed by atoms with Gasteiger partial charge in [-0.25, -0.2) is 0 Å². The topological polar surface area (TPSA) is 33.2 Å². The Labute approximate surface area is 97.5 Å². The number of unbranched alkanes of at least 4 members (excludes halogenated alkanes) is 1. The van der Waals surface area contributed by atoms with Crippen molar-refractivity contribution in [3.8, 4) is 0 Å². The normalized spacial score (nSPS) is 10.1. The summed E-state index contributed by atoms with van der Waals surface area (Å²) in [6, 6.07) is 3.91. The zero-order valence-corrected chi connectivity index (χ0v) is 10.1. The molecule has 0 saturated heterocycles. The van der Waals surface area contributed by atoms with E-state index in [0.29, 0.717) is 6.42 Å². The SMILES string of the molecule is CCCCN(C)C(=O)CCc1cccnc1. The first kappa shape index (κ1) is 12.7. The Balaban J connectivity index is 2.29. The second kappa shape index (κ2) is 6.99. The molecule has 1 aromatic heterocycles. The van der Waals surface area contributed by atoms with Crippen molar-refractivity contribution in [1.82, 2.24) is 9.88 Å². The highest BCUT2D eigenvalue weighted by molar-refractivity contribution is 5.76. The van der Waals surface area contributed by atoms with Crippen LogP contribution in [-0.2, 0) is 11.2 Å². The van der Waals surface area contributed by atoms with Gasteiger partial charge in [0.25, 0.3) is 0 Å². The molecule has 0 atom stereocenters. The van der Waals surface area contributed by atoms with Gasteiger partial charge < -0.3 is 4.90 Å². The van der Waals surface area contributed by atoms with Crippen molar-refractivity contribution < 1.29 is 4.79 Å². The lowest BCUT2D eigenvalue weighted by Crippen LogP contribution is -2.27. The van der Waals surface area contributed by atoms with Crippen LogP contribution in [0.2, 0.25) is 0 Å². The molecule has 0 fully saturated rings. The van der Waals surface area contributed by atoms with E-state index in [1.54, 1.807) is 6.20 Å². The molecule has 88 valence electrons. The number of hydrogen-bond acceptors (Lipinski definition) is 2. The van der Waals surface area contributed by atoms with Crippen LogP contribution in [0.15, 0.2) is 24.5 Å². The number of aromatic nitrogens is 1. The van der Waals surface area contributed by atoms with E-state index < -0.39 is 0 Å². The van der Waals surface area contributed by atoms with E-state index in [-0.39, 0.29) is 5.91 Å². The molecular formula is C13H20N2O. The third-order valence-corrected chi connectivity index (χ3v) is 2.62. The third-order valence-electron chi connectivity index (χ3n) is 2.62. The summed E-state index contributed by atoms with van der Waals surface area (Å²) < 4.78 is 0. The predicted molar refractivity (Wildman–Crippen MR) is 65.1 cm³/mol. The van der Waals surface area contributed by atoms with Crippen molar-refractivity contribution in [3.05, 3.63) is 30.1 Å². The molecule has 0 aliphatic rings. The standard InChI is InChI=1S/C13H20N2O/c1-3-4-10-15(2)13(16)8-7-12-6-5-9-14-11-12/h5-6,9,11H,3-4,7-8,10H2,1-2H3. The summed E-state index contributed by atoms with van der Waals surface area (Å²) in [5, 5.41) is 0. The monoisotopic (exact) mass is 220 g/mol. The fraction of sp³-hybridized carbons (Fsp3) is 0.538. The molecule has 0 saturated carbocycles. The molecule has 0 N–H and O–H groups in total. The minimum atomic E-state index is 0.220. The number of amides is 1. The molecule has 0 radical (unpaired) electrons. The van der Waals surface area contributed by atoms with Crippen LogP contribution in [0.25, 0.3) is 0 Å². The Morgan fingerprint density at radius 1 is 1.50 bits per heavy atom. The van der Waals surface area contributed by atoms with E-state index in [4.69, 9.17) is 0 Å². The van der Waals surface area contributed by atoms with Gasteiger partial charge in [0.05, 0.1) is 0 Å². The summed E-state index contributed by atoms with van der Waals surface area (Å²) in [4.78, 5) is 17.6. The Bertz CT molecular complexity index is 311. The van der Waals surface area contributed by atoms with E-state index in [9.17, 15) is 4.79 Å². The summed E-state index contributed by atoms with van der Waals surface area (Å²) >= 11 is 0. The lowest BCUT2D eigenvalue weighted by atomic mass is 10.1. The summed E-state index contributed by atoms with van der Waals surface area (Å²) in [7, 11) is 1.88. The van der Waals surface area contributed by atoms with Crippen LogP contribution in [0.1, 0.15) is 31.7 Å². The molecule has 1 aromatic rings. The van der Waals surface area contributed by atoms with Crippen LogP contribution in [0.5, 0.6) is 0 Å². The highest BCUT2D eigenvalue weighted by atomic mass is 16.2. The molecule has 0 bridgehead atoms. The van der Waals surface area contributed by atoms with Crippen LogP contribution >= 0.6 is 0 Å². The third kappa shape index (κ3) is 4.43. The molecule has 1 amide bonds. The maximum atomic E-state index is 11.7. The maximum Gasteiger partial charge on any atom is 0.222 e. The smallest absolute Gasteiger partial charge is 0.222 e. The lowest BCUT2D eigenvalue weighted by molar-refractivity contribution is -0.129. The average molecular weight is 220 g/mol. The first-order valence-electron chi connectivity index (χ1n) is 5.87. The van der Waals surface area contributed by atoms with Gasteiger partial charge in [-0.3, -0.25) is 9.78 Å². The second-order valence-corrected chi connectivity index (χ2v) is 4.03. The van der Waals surface area contributed by atoms with E-state index in [1.165, 1.54) is 0 Å². The molecule has 0 aliphatic carbocycles. The molecule has 1 rings (SSSR count). The van der Waals surface area contributed by atoms with Crippen molar-refractivity contribution in [2.45, 2.75) is 32.6 Å². The minimum Gasteiger partial charge on any atom is -0.346 e. The van der Waals surface area contributed by atoms with Crippen molar-refractivity contribution in [1.29, 1.82) is 0 Å². The fourth-order valence-corrected chi connectivity index (χ4v) is 1.51. The largest absolute Gasteiger partial charge is 0.346 e.